The van der Waals surface area contributed by atoms with E-state index in [2.05, 4.69) is 138 Å². The molecule has 2 aromatic heterocycles. The van der Waals surface area contributed by atoms with Crippen LogP contribution in [0.1, 0.15) is 12.5 Å². The Bertz CT molecular complexity index is 2490. The Morgan fingerprint density at radius 2 is 1.11 bits per heavy atom. The average molecular weight is 603 g/mol. The van der Waals surface area contributed by atoms with Crippen molar-refractivity contribution in [2.45, 2.75) is 12.5 Å². The molecule has 222 valence electrons. The first-order chi connectivity index (χ1) is 23.3. The maximum Gasteiger partial charge on any atom is 0.141 e. The summed E-state index contributed by atoms with van der Waals surface area (Å²) in [5.74, 6) is 0.992. The third-order valence-corrected chi connectivity index (χ3v) is 9.13. The second-order valence-corrected chi connectivity index (χ2v) is 12.0. The Hall–Kier alpha value is -6.13. The molecule has 9 rings (SSSR count). The second-order valence-electron chi connectivity index (χ2n) is 12.0. The van der Waals surface area contributed by atoms with Crippen molar-refractivity contribution in [3.8, 4) is 45.0 Å². The molecular formula is C43H30N4. The molecule has 0 bridgehead atoms. The number of nitrogens with zero attached hydrogens (tertiary/aromatic N) is 4. The average Bonchev–Trinajstić information content (AvgIpc) is 3.54. The SMILES string of the molecule is C1=CCC(n2c(-c3ccc(-c4cccc5c(-c6nc7ccccc7nc6-c6ccccc6)cccc45)cc3)nc3ccccc32)C=C1. The predicted molar refractivity (Wildman–Crippen MR) is 194 cm³/mol. The second kappa shape index (κ2) is 11.3. The van der Waals surface area contributed by atoms with Crippen molar-refractivity contribution in [3.05, 3.63) is 164 Å². The van der Waals surface area contributed by atoms with E-state index >= 15 is 0 Å². The summed E-state index contributed by atoms with van der Waals surface area (Å²) in [5, 5.41) is 2.33. The standard InChI is InChI=1S/C43H30N4/c1-3-13-30(14-4-1)41-42(45-38-22-8-7-21-37(38)44-41)36-20-12-18-34-33(17-11-19-35(34)36)29-25-27-31(28-26-29)43-46-39-23-9-10-24-40(39)47(43)32-15-5-2-6-16-32/h1-15,17-28,32H,16H2. The monoisotopic (exact) mass is 602 g/mol. The number of imidazole rings is 1. The molecule has 0 radical (unpaired) electrons. The van der Waals surface area contributed by atoms with E-state index < -0.39 is 0 Å². The van der Waals surface area contributed by atoms with Gasteiger partial charge in [-0.1, -0.05) is 140 Å². The van der Waals surface area contributed by atoms with Crippen LogP contribution in [-0.4, -0.2) is 19.5 Å². The molecule has 0 aliphatic heterocycles. The number of hydrogen-bond donors (Lipinski definition) is 0. The lowest BCUT2D eigenvalue weighted by Gasteiger charge is -2.19. The van der Waals surface area contributed by atoms with Crippen molar-refractivity contribution in [3.63, 3.8) is 0 Å². The number of para-hydroxylation sites is 4. The zero-order chi connectivity index (χ0) is 31.2. The number of aromatic nitrogens is 4. The van der Waals surface area contributed by atoms with E-state index in [1.165, 1.54) is 10.9 Å². The zero-order valence-electron chi connectivity index (χ0n) is 25.7. The first-order valence-electron chi connectivity index (χ1n) is 16.1. The fourth-order valence-electron chi connectivity index (χ4n) is 6.90. The van der Waals surface area contributed by atoms with Crippen molar-refractivity contribution in [2.75, 3.05) is 0 Å². The largest absolute Gasteiger partial charge is 0.317 e. The minimum Gasteiger partial charge on any atom is -0.317 e. The molecule has 4 nitrogen and oxygen atoms in total. The van der Waals surface area contributed by atoms with Crippen LogP contribution in [0.2, 0.25) is 0 Å². The summed E-state index contributed by atoms with van der Waals surface area (Å²) in [4.78, 5) is 15.4. The Labute approximate surface area is 273 Å². The molecule has 1 atom stereocenters. The van der Waals surface area contributed by atoms with Crippen LogP contribution < -0.4 is 0 Å². The van der Waals surface area contributed by atoms with Gasteiger partial charge in [-0.05, 0) is 52.6 Å². The molecular weight excluding hydrogens is 573 g/mol. The summed E-state index contributed by atoms with van der Waals surface area (Å²) >= 11 is 0. The fourth-order valence-corrected chi connectivity index (χ4v) is 6.90. The van der Waals surface area contributed by atoms with Crippen LogP contribution in [-0.2, 0) is 0 Å². The highest BCUT2D eigenvalue weighted by Gasteiger charge is 2.20. The highest BCUT2D eigenvalue weighted by atomic mass is 15.1. The molecule has 0 N–H and O–H groups in total. The van der Waals surface area contributed by atoms with E-state index in [1.807, 2.05) is 30.3 Å². The van der Waals surface area contributed by atoms with Crippen LogP contribution in [0, 0.1) is 0 Å². The topological polar surface area (TPSA) is 43.6 Å². The van der Waals surface area contributed by atoms with Crippen LogP contribution in [0.25, 0.3) is 77.9 Å². The number of benzene rings is 6. The number of rotatable bonds is 5. The van der Waals surface area contributed by atoms with Crippen LogP contribution in [0.4, 0.5) is 0 Å². The van der Waals surface area contributed by atoms with Crippen molar-refractivity contribution < 1.29 is 0 Å². The maximum absolute atomic E-state index is 5.20. The molecule has 0 fully saturated rings. The normalized spacial score (nSPS) is 14.3. The van der Waals surface area contributed by atoms with E-state index in [9.17, 15) is 0 Å². The number of hydrogen-bond acceptors (Lipinski definition) is 3. The summed E-state index contributed by atoms with van der Waals surface area (Å²) in [6.45, 7) is 0. The van der Waals surface area contributed by atoms with Gasteiger partial charge in [-0.25, -0.2) is 15.0 Å². The molecule has 0 amide bonds. The number of fused-ring (bicyclic) bond motifs is 3. The third kappa shape index (κ3) is 4.74. The van der Waals surface area contributed by atoms with Gasteiger partial charge in [-0.3, -0.25) is 0 Å². The summed E-state index contributed by atoms with van der Waals surface area (Å²) in [6.07, 6.45) is 9.70. The smallest absolute Gasteiger partial charge is 0.141 e. The fraction of sp³-hybridized carbons (Fsp3) is 0.0465. The first kappa shape index (κ1) is 27.2. The lowest BCUT2D eigenvalue weighted by atomic mass is 9.93. The van der Waals surface area contributed by atoms with Gasteiger partial charge in [0.1, 0.15) is 5.82 Å². The summed E-state index contributed by atoms with van der Waals surface area (Å²) in [6, 6.07) is 49.0. The Morgan fingerprint density at radius 1 is 0.468 bits per heavy atom. The third-order valence-electron chi connectivity index (χ3n) is 9.13. The van der Waals surface area contributed by atoms with Crippen molar-refractivity contribution in [1.29, 1.82) is 0 Å². The van der Waals surface area contributed by atoms with Gasteiger partial charge >= 0.3 is 0 Å². The predicted octanol–water partition coefficient (Wildman–Crippen LogP) is 10.9. The molecule has 0 saturated carbocycles. The highest BCUT2D eigenvalue weighted by Crippen LogP contribution is 2.39. The van der Waals surface area contributed by atoms with Gasteiger partial charge in [0.2, 0.25) is 0 Å². The minimum absolute atomic E-state index is 0.234. The van der Waals surface area contributed by atoms with Crippen LogP contribution in [0.5, 0.6) is 0 Å². The molecule has 6 aromatic carbocycles. The minimum atomic E-state index is 0.234. The molecule has 4 heteroatoms. The molecule has 8 aromatic rings. The van der Waals surface area contributed by atoms with Gasteiger partial charge in [0.05, 0.1) is 39.5 Å². The van der Waals surface area contributed by atoms with Gasteiger partial charge < -0.3 is 4.57 Å². The van der Waals surface area contributed by atoms with Crippen molar-refractivity contribution in [2.24, 2.45) is 0 Å². The lowest BCUT2D eigenvalue weighted by molar-refractivity contribution is 0.631. The molecule has 1 aliphatic carbocycles. The van der Waals surface area contributed by atoms with E-state index in [0.29, 0.717) is 0 Å². The first-order valence-corrected chi connectivity index (χ1v) is 16.1. The van der Waals surface area contributed by atoms with E-state index in [1.54, 1.807) is 0 Å². The molecule has 0 spiro atoms. The van der Waals surface area contributed by atoms with E-state index in [0.717, 1.165) is 73.3 Å². The van der Waals surface area contributed by atoms with Crippen LogP contribution >= 0.6 is 0 Å². The Kier molecular flexibility index (Phi) is 6.57. The lowest BCUT2D eigenvalue weighted by Crippen LogP contribution is -2.08. The Morgan fingerprint density at radius 3 is 1.85 bits per heavy atom. The van der Waals surface area contributed by atoms with Gasteiger partial charge in [0, 0.05) is 16.7 Å². The molecule has 0 saturated heterocycles. The van der Waals surface area contributed by atoms with Gasteiger partial charge in [-0.2, -0.15) is 0 Å². The summed E-state index contributed by atoms with van der Waals surface area (Å²) < 4.78 is 2.38. The maximum atomic E-state index is 5.20. The molecule has 2 heterocycles. The van der Waals surface area contributed by atoms with Crippen molar-refractivity contribution in [1.82, 2.24) is 19.5 Å². The van der Waals surface area contributed by atoms with Gasteiger partial charge in [-0.15, -0.1) is 0 Å². The highest BCUT2D eigenvalue weighted by molar-refractivity contribution is 6.06. The van der Waals surface area contributed by atoms with E-state index in [-0.39, 0.29) is 6.04 Å². The van der Waals surface area contributed by atoms with Crippen LogP contribution in [0.15, 0.2) is 164 Å². The van der Waals surface area contributed by atoms with Crippen LogP contribution in [0.3, 0.4) is 0 Å². The molecule has 47 heavy (non-hydrogen) atoms. The zero-order valence-corrected chi connectivity index (χ0v) is 25.7. The summed E-state index contributed by atoms with van der Waals surface area (Å²) in [7, 11) is 0. The molecule has 1 unspecified atom stereocenters. The summed E-state index contributed by atoms with van der Waals surface area (Å²) in [5.41, 5.74) is 11.3. The van der Waals surface area contributed by atoms with E-state index in [4.69, 9.17) is 15.0 Å². The van der Waals surface area contributed by atoms with Crippen molar-refractivity contribution >= 4 is 32.8 Å². The van der Waals surface area contributed by atoms with Gasteiger partial charge in [0.25, 0.3) is 0 Å². The Balaban J connectivity index is 1.17. The molecule has 1 aliphatic rings. The number of allylic oxidation sites excluding steroid dienone is 4. The quantitative estimate of drug-likeness (QED) is 0.197. The van der Waals surface area contributed by atoms with Gasteiger partial charge in [0.15, 0.2) is 0 Å².